The maximum absolute atomic E-state index is 12.3. The summed E-state index contributed by atoms with van der Waals surface area (Å²) in [7, 11) is 3.69. The average Bonchev–Trinajstić information content (AvgIpc) is 3.26. The van der Waals surface area contributed by atoms with E-state index in [0.29, 0.717) is 19.5 Å². The summed E-state index contributed by atoms with van der Waals surface area (Å²) in [6, 6.07) is 11.6. The summed E-state index contributed by atoms with van der Waals surface area (Å²) < 4.78 is 1.80. The van der Waals surface area contributed by atoms with Crippen LogP contribution in [0.2, 0.25) is 0 Å². The van der Waals surface area contributed by atoms with Crippen molar-refractivity contribution >= 4 is 11.6 Å². The van der Waals surface area contributed by atoms with Gasteiger partial charge in [0.05, 0.1) is 17.6 Å². The molecule has 3 aromatic rings. The monoisotopic (exact) mass is 338 g/mol. The van der Waals surface area contributed by atoms with Gasteiger partial charge in [-0.1, -0.05) is 18.2 Å². The molecular formula is C18H22N6O. The third-order valence-electron chi connectivity index (χ3n) is 4.14. The summed E-state index contributed by atoms with van der Waals surface area (Å²) >= 11 is 0. The van der Waals surface area contributed by atoms with Gasteiger partial charge in [-0.2, -0.15) is 10.2 Å². The number of hydrogen-bond acceptors (Lipinski definition) is 4. The molecule has 0 saturated carbocycles. The third-order valence-corrected chi connectivity index (χ3v) is 4.14. The van der Waals surface area contributed by atoms with E-state index in [9.17, 15) is 4.79 Å². The normalized spacial score (nSPS) is 10.8. The minimum atomic E-state index is 0.0813. The van der Waals surface area contributed by atoms with Gasteiger partial charge in [-0.3, -0.25) is 14.6 Å². The largest absolute Gasteiger partial charge is 0.315 e. The lowest BCUT2D eigenvalue weighted by Gasteiger charge is -2.17. The fraction of sp³-hybridized carbons (Fsp3) is 0.278. The summed E-state index contributed by atoms with van der Waals surface area (Å²) in [6.45, 7) is 1.24. The number of carbonyl (C=O) groups excluding carboxylic acids is 1. The second-order valence-corrected chi connectivity index (χ2v) is 5.83. The number of carbonyl (C=O) groups is 1. The Labute approximate surface area is 146 Å². The van der Waals surface area contributed by atoms with E-state index in [2.05, 4.69) is 20.6 Å². The van der Waals surface area contributed by atoms with Gasteiger partial charge in [0.15, 0.2) is 0 Å². The number of aromatic amines is 1. The van der Waals surface area contributed by atoms with Gasteiger partial charge in [-0.05, 0) is 18.2 Å². The molecule has 0 bridgehead atoms. The van der Waals surface area contributed by atoms with Crippen molar-refractivity contribution in [3.63, 3.8) is 0 Å². The topological polar surface area (TPSA) is 78.8 Å². The molecule has 7 heteroatoms. The van der Waals surface area contributed by atoms with Crippen molar-refractivity contribution in [1.82, 2.24) is 25.3 Å². The maximum atomic E-state index is 12.3. The van der Waals surface area contributed by atoms with Gasteiger partial charge in [0.2, 0.25) is 5.91 Å². The Bertz CT molecular complexity index is 823. The number of H-pyrrole nitrogens is 1. The molecule has 0 saturated heterocycles. The number of nitrogens with one attached hydrogen (secondary N) is 2. The molecule has 0 spiro atoms. The Morgan fingerprint density at radius 1 is 1.28 bits per heavy atom. The highest BCUT2D eigenvalue weighted by molar-refractivity contribution is 5.92. The van der Waals surface area contributed by atoms with Crippen molar-refractivity contribution in [2.24, 2.45) is 7.05 Å². The lowest BCUT2D eigenvalue weighted by Crippen LogP contribution is -2.29. The number of para-hydroxylation sites is 1. The van der Waals surface area contributed by atoms with E-state index in [1.54, 1.807) is 29.0 Å². The van der Waals surface area contributed by atoms with Crippen molar-refractivity contribution in [3.05, 3.63) is 54.4 Å². The predicted molar refractivity (Wildman–Crippen MR) is 97.0 cm³/mol. The molecule has 2 aromatic heterocycles. The highest BCUT2D eigenvalue weighted by Crippen LogP contribution is 2.19. The zero-order chi connectivity index (χ0) is 17.6. The van der Waals surface area contributed by atoms with Crippen LogP contribution in [0.1, 0.15) is 12.0 Å². The number of amides is 1. The van der Waals surface area contributed by atoms with Crippen molar-refractivity contribution in [2.45, 2.75) is 13.0 Å². The summed E-state index contributed by atoms with van der Waals surface area (Å²) in [6.07, 6.45) is 3.99. The summed E-state index contributed by atoms with van der Waals surface area (Å²) in [4.78, 5) is 13.9. The van der Waals surface area contributed by atoms with E-state index in [0.717, 1.165) is 22.6 Å². The van der Waals surface area contributed by atoms with Crippen LogP contribution in [0.4, 0.5) is 5.69 Å². The third kappa shape index (κ3) is 3.95. The molecule has 25 heavy (non-hydrogen) atoms. The van der Waals surface area contributed by atoms with E-state index >= 15 is 0 Å². The molecule has 0 atom stereocenters. The van der Waals surface area contributed by atoms with Crippen LogP contribution in [0.15, 0.2) is 48.8 Å². The van der Waals surface area contributed by atoms with Gasteiger partial charge >= 0.3 is 0 Å². The smallest absolute Gasteiger partial charge is 0.227 e. The first-order valence-corrected chi connectivity index (χ1v) is 8.19. The van der Waals surface area contributed by atoms with Crippen LogP contribution in [-0.2, 0) is 18.4 Å². The highest BCUT2D eigenvalue weighted by atomic mass is 16.2. The molecule has 1 amide bonds. The second-order valence-electron chi connectivity index (χ2n) is 5.83. The minimum Gasteiger partial charge on any atom is -0.315 e. The van der Waals surface area contributed by atoms with Crippen LogP contribution in [0.3, 0.4) is 0 Å². The fourth-order valence-electron chi connectivity index (χ4n) is 2.67. The van der Waals surface area contributed by atoms with Crippen LogP contribution in [0, 0.1) is 0 Å². The summed E-state index contributed by atoms with van der Waals surface area (Å²) in [5, 5.41) is 14.6. The molecule has 0 aliphatic rings. The SMILES string of the molecule is CN(C(=O)CCNCc1cn[nH]c1-c1ccnn1C)c1ccccc1. The average molecular weight is 338 g/mol. The van der Waals surface area contributed by atoms with Crippen LogP contribution < -0.4 is 10.2 Å². The fourth-order valence-corrected chi connectivity index (χ4v) is 2.67. The van der Waals surface area contributed by atoms with Gasteiger partial charge < -0.3 is 10.2 Å². The Balaban J connectivity index is 1.50. The zero-order valence-corrected chi connectivity index (χ0v) is 14.4. The van der Waals surface area contributed by atoms with Crippen LogP contribution >= 0.6 is 0 Å². The summed E-state index contributed by atoms with van der Waals surface area (Å²) in [5.41, 5.74) is 3.88. The number of aryl methyl sites for hydroxylation is 1. The Morgan fingerprint density at radius 3 is 2.80 bits per heavy atom. The Hall–Kier alpha value is -2.93. The minimum absolute atomic E-state index is 0.0813. The second kappa shape index (κ2) is 7.76. The van der Waals surface area contributed by atoms with Crippen LogP contribution in [-0.4, -0.2) is 39.5 Å². The molecule has 0 radical (unpaired) electrons. The molecule has 0 aliphatic heterocycles. The molecule has 7 nitrogen and oxygen atoms in total. The number of anilines is 1. The number of benzene rings is 1. The van der Waals surface area contributed by atoms with Crippen molar-refractivity contribution < 1.29 is 4.79 Å². The highest BCUT2D eigenvalue weighted by Gasteiger charge is 2.12. The standard InChI is InChI=1S/C18H22N6O/c1-23(15-6-4-3-5-7-15)17(25)9-10-19-12-14-13-20-22-18(14)16-8-11-21-24(16)2/h3-8,11,13,19H,9-10,12H2,1-2H3,(H,20,22). The number of hydrogen-bond donors (Lipinski definition) is 2. The Morgan fingerprint density at radius 2 is 2.08 bits per heavy atom. The van der Waals surface area contributed by atoms with Gasteiger partial charge in [0.1, 0.15) is 0 Å². The molecule has 130 valence electrons. The Kier molecular flexibility index (Phi) is 5.25. The quantitative estimate of drug-likeness (QED) is 0.646. The van der Waals surface area contributed by atoms with Gasteiger partial charge in [-0.15, -0.1) is 0 Å². The summed E-state index contributed by atoms with van der Waals surface area (Å²) in [5.74, 6) is 0.0813. The number of aromatic nitrogens is 4. The lowest BCUT2D eigenvalue weighted by atomic mass is 10.2. The molecule has 0 aliphatic carbocycles. The predicted octanol–water partition coefficient (Wildman–Crippen LogP) is 1.95. The maximum Gasteiger partial charge on any atom is 0.227 e. The van der Waals surface area contributed by atoms with Crippen LogP contribution in [0.25, 0.3) is 11.4 Å². The van der Waals surface area contributed by atoms with Gasteiger partial charge in [0, 0.05) is 51.1 Å². The van der Waals surface area contributed by atoms with Crippen molar-refractivity contribution in [3.8, 4) is 11.4 Å². The van der Waals surface area contributed by atoms with E-state index in [4.69, 9.17) is 0 Å². The van der Waals surface area contributed by atoms with Gasteiger partial charge in [-0.25, -0.2) is 0 Å². The van der Waals surface area contributed by atoms with Crippen LogP contribution in [0.5, 0.6) is 0 Å². The molecule has 3 rings (SSSR count). The van der Waals surface area contributed by atoms with E-state index in [1.807, 2.05) is 43.4 Å². The molecule has 2 heterocycles. The molecule has 0 fully saturated rings. The van der Waals surface area contributed by atoms with Crippen molar-refractivity contribution in [1.29, 1.82) is 0 Å². The molecular weight excluding hydrogens is 316 g/mol. The first-order valence-electron chi connectivity index (χ1n) is 8.19. The molecule has 2 N–H and O–H groups in total. The molecule has 0 unspecified atom stereocenters. The first kappa shape index (κ1) is 16.9. The first-order chi connectivity index (χ1) is 12.2. The van der Waals surface area contributed by atoms with Gasteiger partial charge in [0.25, 0.3) is 0 Å². The zero-order valence-electron chi connectivity index (χ0n) is 14.4. The van der Waals surface area contributed by atoms with E-state index in [1.165, 1.54) is 0 Å². The number of nitrogens with zero attached hydrogens (tertiary/aromatic N) is 4. The van der Waals surface area contributed by atoms with Crippen molar-refractivity contribution in [2.75, 3.05) is 18.5 Å². The van der Waals surface area contributed by atoms with E-state index in [-0.39, 0.29) is 5.91 Å². The van der Waals surface area contributed by atoms with E-state index < -0.39 is 0 Å². The molecule has 1 aromatic carbocycles. The number of rotatable bonds is 7. The lowest BCUT2D eigenvalue weighted by molar-refractivity contribution is -0.118.